The second-order valence-electron chi connectivity index (χ2n) is 5.18. The SMILES string of the molecule is CC1(CNS(=O)(=O)c2cc(N)ccc2Cl)CCC1. The van der Waals surface area contributed by atoms with Gasteiger partial charge in [0.2, 0.25) is 10.0 Å². The summed E-state index contributed by atoms with van der Waals surface area (Å²) >= 11 is 5.90. The minimum Gasteiger partial charge on any atom is -0.399 e. The molecule has 1 aromatic rings. The molecule has 6 heteroatoms. The number of hydrogen-bond acceptors (Lipinski definition) is 3. The lowest BCUT2D eigenvalue weighted by Gasteiger charge is -2.38. The van der Waals surface area contributed by atoms with Crippen molar-refractivity contribution in [3.8, 4) is 0 Å². The molecule has 3 N–H and O–H groups in total. The monoisotopic (exact) mass is 288 g/mol. The van der Waals surface area contributed by atoms with Crippen LogP contribution in [0.25, 0.3) is 0 Å². The predicted molar refractivity (Wildman–Crippen MR) is 73.0 cm³/mol. The van der Waals surface area contributed by atoms with E-state index in [4.69, 9.17) is 17.3 Å². The normalized spacial score (nSPS) is 18.3. The third-order valence-corrected chi connectivity index (χ3v) is 5.38. The van der Waals surface area contributed by atoms with Crippen LogP contribution in [0.1, 0.15) is 26.2 Å². The highest BCUT2D eigenvalue weighted by atomic mass is 35.5. The molecule has 1 saturated carbocycles. The lowest BCUT2D eigenvalue weighted by Crippen LogP contribution is -2.39. The van der Waals surface area contributed by atoms with Gasteiger partial charge in [-0.2, -0.15) is 0 Å². The Kier molecular flexibility index (Phi) is 3.58. The van der Waals surface area contributed by atoms with Crippen LogP contribution in [0.5, 0.6) is 0 Å². The fourth-order valence-corrected chi connectivity index (χ4v) is 3.76. The largest absolute Gasteiger partial charge is 0.399 e. The molecule has 0 heterocycles. The Labute approximate surface area is 113 Å². The molecule has 0 atom stereocenters. The highest BCUT2D eigenvalue weighted by Gasteiger charge is 2.33. The summed E-state index contributed by atoms with van der Waals surface area (Å²) in [5.41, 5.74) is 6.06. The number of nitrogen functional groups attached to an aromatic ring is 1. The summed E-state index contributed by atoms with van der Waals surface area (Å²) in [6.45, 7) is 2.53. The molecule has 2 rings (SSSR count). The Morgan fingerprint density at radius 3 is 2.67 bits per heavy atom. The van der Waals surface area contributed by atoms with Gasteiger partial charge >= 0.3 is 0 Å². The van der Waals surface area contributed by atoms with Gasteiger partial charge in [-0.05, 0) is 36.5 Å². The molecule has 0 aliphatic heterocycles. The van der Waals surface area contributed by atoms with Crippen molar-refractivity contribution in [3.05, 3.63) is 23.2 Å². The van der Waals surface area contributed by atoms with Crippen molar-refractivity contribution in [1.29, 1.82) is 0 Å². The average Bonchev–Trinajstić information content (AvgIpc) is 2.27. The maximum Gasteiger partial charge on any atom is 0.242 e. The van der Waals surface area contributed by atoms with Crippen LogP contribution >= 0.6 is 11.6 Å². The molecule has 0 saturated heterocycles. The average molecular weight is 289 g/mol. The second kappa shape index (κ2) is 4.72. The summed E-state index contributed by atoms with van der Waals surface area (Å²) in [4.78, 5) is 0.0482. The molecule has 100 valence electrons. The highest BCUT2D eigenvalue weighted by Crippen LogP contribution is 2.39. The predicted octanol–water partition coefficient (Wildman–Crippen LogP) is 2.39. The van der Waals surface area contributed by atoms with Crippen molar-refractivity contribution >= 4 is 27.3 Å². The smallest absolute Gasteiger partial charge is 0.242 e. The van der Waals surface area contributed by atoms with Gasteiger partial charge in [0.15, 0.2) is 0 Å². The number of hydrogen-bond donors (Lipinski definition) is 2. The van der Waals surface area contributed by atoms with E-state index in [0.717, 1.165) is 19.3 Å². The van der Waals surface area contributed by atoms with Gasteiger partial charge in [-0.15, -0.1) is 0 Å². The first kappa shape index (κ1) is 13.6. The summed E-state index contributed by atoms with van der Waals surface area (Å²) in [6, 6.07) is 4.46. The fraction of sp³-hybridized carbons (Fsp3) is 0.500. The standard InChI is InChI=1S/C12H17ClN2O2S/c1-12(5-2-6-12)8-15-18(16,17)11-7-9(14)3-4-10(11)13/h3-4,7,15H,2,5-6,8,14H2,1H3. The first-order valence-corrected chi connectivity index (χ1v) is 7.73. The number of nitrogens with two attached hydrogens (primary N) is 1. The number of benzene rings is 1. The third-order valence-electron chi connectivity index (χ3n) is 3.49. The zero-order chi connectivity index (χ0) is 13.4. The van der Waals surface area contributed by atoms with E-state index in [0.29, 0.717) is 12.2 Å². The molecule has 0 spiro atoms. The molecular weight excluding hydrogens is 272 g/mol. The molecule has 0 radical (unpaired) electrons. The van der Waals surface area contributed by atoms with E-state index in [2.05, 4.69) is 11.6 Å². The molecule has 0 unspecified atom stereocenters. The lowest BCUT2D eigenvalue weighted by atomic mass is 9.71. The maximum absolute atomic E-state index is 12.1. The van der Waals surface area contributed by atoms with Gasteiger partial charge in [-0.1, -0.05) is 24.9 Å². The summed E-state index contributed by atoms with van der Waals surface area (Å²) in [5.74, 6) is 0. The van der Waals surface area contributed by atoms with Crippen molar-refractivity contribution in [2.45, 2.75) is 31.1 Å². The molecule has 1 aromatic carbocycles. The van der Waals surface area contributed by atoms with Gasteiger partial charge < -0.3 is 5.73 Å². The molecular formula is C12H17ClN2O2S. The molecule has 0 bridgehead atoms. The van der Waals surface area contributed by atoms with Gasteiger partial charge in [0.1, 0.15) is 4.90 Å². The number of nitrogens with one attached hydrogen (secondary N) is 1. The van der Waals surface area contributed by atoms with Gasteiger partial charge in [-0.25, -0.2) is 13.1 Å². The zero-order valence-electron chi connectivity index (χ0n) is 10.2. The summed E-state index contributed by atoms with van der Waals surface area (Å²) in [7, 11) is -3.58. The van der Waals surface area contributed by atoms with Crippen LogP contribution in [0.4, 0.5) is 5.69 Å². The Balaban J connectivity index is 2.17. The zero-order valence-corrected chi connectivity index (χ0v) is 11.8. The van der Waals surface area contributed by atoms with E-state index in [1.54, 1.807) is 6.07 Å². The number of anilines is 1. The van der Waals surface area contributed by atoms with E-state index < -0.39 is 10.0 Å². The van der Waals surface area contributed by atoms with Crippen molar-refractivity contribution < 1.29 is 8.42 Å². The van der Waals surface area contributed by atoms with E-state index >= 15 is 0 Å². The molecule has 1 aliphatic rings. The molecule has 0 amide bonds. The Hall–Kier alpha value is -0.780. The lowest BCUT2D eigenvalue weighted by molar-refractivity contribution is 0.166. The Bertz CT molecular complexity index is 553. The van der Waals surface area contributed by atoms with Crippen molar-refractivity contribution in [1.82, 2.24) is 4.72 Å². The minimum absolute atomic E-state index is 0.0482. The quantitative estimate of drug-likeness (QED) is 0.836. The van der Waals surface area contributed by atoms with Crippen LogP contribution in [-0.4, -0.2) is 15.0 Å². The number of halogens is 1. The van der Waals surface area contributed by atoms with Crippen LogP contribution in [0.2, 0.25) is 5.02 Å². The maximum atomic E-state index is 12.1. The van der Waals surface area contributed by atoms with Crippen LogP contribution in [0.3, 0.4) is 0 Å². The molecule has 1 fully saturated rings. The molecule has 1 aliphatic carbocycles. The third kappa shape index (κ3) is 2.79. The van der Waals surface area contributed by atoms with Gasteiger partial charge in [0.25, 0.3) is 0 Å². The van der Waals surface area contributed by atoms with Gasteiger partial charge in [0.05, 0.1) is 5.02 Å². The molecule has 4 nitrogen and oxygen atoms in total. The minimum atomic E-state index is -3.58. The molecule has 18 heavy (non-hydrogen) atoms. The fourth-order valence-electron chi connectivity index (χ4n) is 2.03. The summed E-state index contributed by atoms with van der Waals surface area (Å²) < 4.78 is 26.9. The van der Waals surface area contributed by atoms with Crippen molar-refractivity contribution in [2.75, 3.05) is 12.3 Å². The molecule has 0 aromatic heterocycles. The van der Waals surface area contributed by atoms with Crippen LogP contribution in [0.15, 0.2) is 23.1 Å². The number of sulfonamides is 1. The Morgan fingerprint density at radius 1 is 1.44 bits per heavy atom. The van der Waals surface area contributed by atoms with Crippen LogP contribution in [-0.2, 0) is 10.0 Å². The summed E-state index contributed by atoms with van der Waals surface area (Å²) in [6.07, 6.45) is 3.28. The van der Waals surface area contributed by atoms with Gasteiger partial charge in [0, 0.05) is 12.2 Å². The van der Waals surface area contributed by atoms with Crippen molar-refractivity contribution in [3.63, 3.8) is 0 Å². The Morgan fingerprint density at radius 2 is 2.11 bits per heavy atom. The first-order chi connectivity index (χ1) is 8.32. The summed E-state index contributed by atoms with van der Waals surface area (Å²) in [5, 5.41) is 0.190. The topological polar surface area (TPSA) is 72.2 Å². The van der Waals surface area contributed by atoms with Gasteiger partial charge in [-0.3, -0.25) is 0 Å². The number of rotatable bonds is 4. The highest BCUT2D eigenvalue weighted by molar-refractivity contribution is 7.89. The first-order valence-electron chi connectivity index (χ1n) is 5.87. The van der Waals surface area contributed by atoms with Crippen molar-refractivity contribution in [2.24, 2.45) is 5.41 Å². The van der Waals surface area contributed by atoms with E-state index in [1.807, 2.05) is 0 Å². The van der Waals surface area contributed by atoms with E-state index in [1.165, 1.54) is 12.1 Å². The van der Waals surface area contributed by atoms with E-state index in [-0.39, 0.29) is 15.3 Å². The van der Waals surface area contributed by atoms with Crippen LogP contribution < -0.4 is 10.5 Å². The van der Waals surface area contributed by atoms with Crippen LogP contribution in [0, 0.1) is 5.41 Å². The van der Waals surface area contributed by atoms with E-state index in [9.17, 15) is 8.42 Å². The second-order valence-corrected chi connectivity index (χ2v) is 7.32.